The van der Waals surface area contributed by atoms with E-state index in [4.69, 9.17) is 6.42 Å². The third-order valence-corrected chi connectivity index (χ3v) is 1.99. The lowest BCUT2D eigenvalue weighted by Crippen LogP contribution is -2.32. The van der Waals surface area contributed by atoms with Crippen molar-refractivity contribution in [2.45, 2.75) is 38.6 Å². The zero-order valence-electron chi connectivity index (χ0n) is 7.64. The Balaban J connectivity index is 2.32. The van der Waals surface area contributed by atoms with Crippen molar-refractivity contribution in [1.82, 2.24) is 5.32 Å². The highest BCUT2D eigenvalue weighted by Gasteiger charge is 2.09. The summed E-state index contributed by atoms with van der Waals surface area (Å²) in [5.41, 5.74) is 0. The molecule has 1 atom stereocenters. The molecule has 1 rings (SSSR count). The molecule has 0 bridgehead atoms. The van der Waals surface area contributed by atoms with E-state index in [1.54, 1.807) is 0 Å². The summed E-state index contributed by atoms with van der Waals surface area (Å²) >= 11 is 0. The van der Waals surface area contributed by atoms with Crippen molar-refractivity contribution in [3.05, 3.63) is 0 Å². The quantitative estimate of drug-likeness (QED) is 0.629. The van der Waals surface area contributed by atoms with E-state index in [-0.39, 0.29) is 6.04 Å². The molecule has 2 heteroatoms. The summed E-state index contributed by atoms with van der Waals surface area (Å²) in [4.78, 5) is 4.32. The number of aliphatic imine (C=N–C) groups is 1. The average Bonchev–Trinajstić information content (AvgIpc) is 2.56. The second-order valence-electron chi connectivity index (χ2n) is 3.08. The molecule has 0 amide bonds. The van der Waals surface area contributed by atoms with E-state index in [1.807, 2.05) is 0 Å². The van der Waals surface area contributed by atoms with Crippen LogP contribution in [0.15, 0.2) is 4.99 Å². The topological polar surface area (TPSA) is 24.4 Å². The number of amidine groups is 1. The number of hydrogen-bond acceptors (Lipinski definition) is 2. The molecule has 0 fully saturated rings. The summed E-state index contributed by atoms with van der Waals surface area (Å²) < 4.78 is 0. The van der Waals surface area contributed by atoms with Crippen LogP contribution in [-0.4, -0.2) is 18.4 Å². The molecule has 2 nitrogen and oxygen atoms in total. The van der Waals surface area contributed by atoms with Crippen LogP contribution in [0.5, 0.6) is 0 Å². The van der Waals surface area contributed by atoms with Gasteiger partial charge in [-0.15, -0.1) is 6.42 Å². The van der Waals surface area contributed by atoms with Crippen molar-refractivity contribution in [1.29, 1.82) is 0 Å². The number of terminal acetylenes is 1. The molecule has 1 heterocycles. The summed E-state index contributed by atoms with van der Waals surface area (Å²) in [6.45, 7) is 3.11. The minimum atomic E-state index is 0.187. The normalized spacial score (nSPS) is 18.2. The van der Waals surface area contributed by atoms with Gasteiger partial charge in [0.1, 0.15) is 0 Å². The molecule has 1 N–H and O–H groups in total. The van der Waals surface area contributed by atoms with Crippen molar-refractivity contribution in [3.63, 3.8) is 0 Å². The van der Waals surface area contributed by atoms with Gasteiger partial charge in [-0.25, -0.2) is 0 Å². The van der Waals surface area contributed by atoms with E-state index in [0.29, 0.717) is 0 Å². The third kappa shape index (κ3) is 2.58. The molecular weight excluding hydrogens is 148 g/mol. The molecule has 0 spiro atoms. The van der Waals surface area contributed by atoms with Crippen molar-refractivity contribution in [3.8, 4) is 12.3 Å². The van der Waals surface area contributed by atoms with Crippen LogP contribution >= 0.6 is 0 Å². The number of hydrogen-bond donors (Lipinski definition) is 1. The monoisotopic (exact) mass is 164 g/mol. The van der Waals surface area contributed by atoms with Gasteiger partial charge >= 0.3 is 0 Å². The maximum Gasteiger partial charge on any atom is 0.0973 e. The summed E-state index contributed by atoms with van der Waals surface area (Å²) in [5.74, 6) is 3.84. The first-order valence-corrected chi connectivity index (χ1v) is 4.62. The van der Waals surface area contributed by atoms with Crippen LogP contribution in [-0.2, 0) is 0 Å². The van der Waals surface area contributed by atoms with Gasteiger partial charge in [-0.3, -0.25) is 4.99 Å². The highest BCUT2D eigenvalue weighted by Crippen LogP contribution is 2.03. The first-order chi connectivity index (χ1) is 5.86. The zero-order valence-corrected chi connectivity index (χ0v) is 7.64. The van der Waals surface area contributed by atoms with E-state index >= 15 is 0 Å². The Kier molecular flexibility index (Phi) is 3.66. The summed E-state index contributed by atoms with van der Waals surface area (Å²) in [7, 11) is 0. The maximum absolute atomic E-state index is 5.37. The van der Waals surface area contributed by atoms with Gasteiger partial charge in [-0.2, -0.15) is 0 Å². The van der Waals surface area contributed by atoms with E-state index < -0.39 is 0 Å². The predicted molar refractivity (Wildman–Crippen MR) is 52.2 cm³/mol. The molecule has 66 valence electrons. The third-order valence-electron chi connectivity index (χ3n) is 1.99. The number of nitrogens with zero attached hydrogens (tertiary/aromatic N) is 1. The lowest BCUT2D eigenvalue weighted by Gasteiger charge is -2.12. The van der Waals surface area contributed by atoms with Crippen LogP contribution in [0.4, 0.5) is 0 Å². The molecule has 1 unspecified atom stereocenters. The first kappa shape index (κ1) is 9.12. The largest absolute Gasteiger partial charge is 0.360 e. The molecule has 0 radical (unpaired) electrons. The minimum absolute atomic E-state index is 0.187. The second-order valence-corrected chi connectivity index (χ2v) is 3.08. The fourth-order valence-electron chi connectivity index (χ4n) is 1.34. The van der Waals surface area contributed by atoms with Crippen molar-refractivity contribution in [2.75, 3.05) is 6.54 Å². The Labute approximate surface area is 74.5 Å². The van der Waals surface area contributed by atoms with Crippen LogP contribution in [0.25, 0.3) is 0 Å². The van der Waals surface area contributed by atoms with E-state index in [9.17, 15) is 0 Å². The smallest absolute Gasteiger partial charge is 0.0973 e. The standard InChI is InChI=1S/C10H16N2/c1-3-6-9(4-2)12-10-7-5-8-11-10/h2,9H,3,5-8H2,1H3,(H,11,12). The molecule has 0 saturated carbocycles. The van der Waals surface area contributed by atoms with Gasteiger partial charge in [-0.05, 0) is 12.8 Å². The van der Waals surface area contributed by atoms with Gasteiger partial charge in [0.25, 0.3) is 0 Å². The SMILES string of the molecule is C#CC(CCC)NC1=NCCC1. The Bertz CT molecular complexity index is 200. The molecule has 1 aliphatic heterocycles. The lowest BCUT2D eigenvalue weighted by molar-refractivity contribution is 0.659. The zero-order chi connectivity index (χ0) is 8.81. The molecule has 0 aromatic heterocycles. The van der Waals surface area contributed by atoms with Gasteiger partial charge in [0, 0.05) is 13.0 Å². The maximum atomic E-state index is 5.37. The second kappa shape index (κ2) is 4.82. The van der Waals surface area contributed by atoms with Crippen LogP contribution in [0.3, 0.4) is 0 Å². The number of nitrogens with one attached hydrogen (secondary N) is 1. The molecule has 12 heavy (non-hydrogen) atoms. The van der Waals surface area contributed by atoms with Crippen LogP contribution < -0.4 is 5.32 Å². The summed E-state index contributed by atoms with van der Waals surface area (Å²) in [6, 6.07) is 0.187. The Morgan fingerprint density at radius 2 is 2.58 bits per heavy atom. The van der Waals surface area contributed by atoms with Crippen LogP contribution in [0, 0.1) is 12.3 Å². The van der Waals surface area contributed by atoms with Crippen molar-refractivity contribution < 1.29 is 0 Å². The van der Waals surface area contributed by atoms with Gasteiger partial charge in [0.2, 0.25) is 0 Å². The molecule has 0 aliphatic carbocycles. The highest BCUT2D eigenvalue weighted by molar-refractivity contribution is 5.84. The lowest BCUT2D eigenvalue weighted by atomic mass is 10.2. The van der Waals surface area contributed by atoms with Gasteiger partial charge in [-0.1, -0.05) is 19.3 Å². The molecule has 1 aliphatic rings. The van der Waals surface area contributed by atoms with Crippen molar-refractivity contribution in [2.24, 2.45) is 4.99 Å². The minimum Gasteiger partial charge on any atom is -0.360 e. The Morgan fingerprint density at radius 3 is 3.08 bits per heavy atom. The van der Waals surface area contributed by atoms with Crippen LogP contribution in [0.2, 0.25) is 0 Å². The fraction of sp³-hybridized carbons (Fsp3) is 0.700. The molecule has 0 aromatic rings. The summed E-state index contributed by atoms with van der Waals surface area (Å²) in [6.07, 6.45) is 9.77. The highest BCUT2D eigenvalue weighted by atomic mass is 15.0. The number of rotatable bonds is 3. The molecular formula is C10H16N2. The van der Waals surface area contributed by atoms with Gasteiger partial charge in [0.15, 0.2) is 0 Å². The van der Waals surface area contributed by atoms with Crippen molar-refractivity contribution >= 4 is 5.84 Å². The van der Waals surface area contributed by atoms with E-state index in [0.717, 1.165) is 31.6 Å². The summed E-state index contributed by atoms with van der Waals surface area (Å²) in [5, 5.41) is 3.28. The fourth-order valence-corrected chi connectivity index (χ4v) is 1.34. The van der Waals surface area contributed by atoms with E-state index in [1.165, 1.54) is 6.42 Å². The van der Waals surface area contributed by atoms with E-state index in [2.05, 4.69) is 23.2 Å². The van der Waals surface area contributed by atoms with Gasteiger partial charge < -0.3 is 5.32 Å². The predicted octanol–water partition coefficient (Wildman–Crippen LogP) is 1.57. The average molecular weight is 164 g/mol. The molecule has 0 aromatic carbocycles. The first-order valence-electron chi connectivity index (χ1n) is 4.62. The molecule has 0 saturated heterocycles. The van der Waals surface area contributed by atoms with Gasteiger partial charge in [0.05, 0.1) is 11.9 Å². The Morgan fingerprint density at radius 1 is 1.75 bits per heavy atom. The van der Waals surface area contributed by atoms with Crippen LogP contribution in [0.1, 0.15) is 32.6 Å². The Hall–Kier alpha value is -0.970.